The Labute approximate surface area is 129 Å². The topological polar surface area (TPSA) is 66.4 Å². The lowest BCUT2D eigenvalue weighted by molar-refractivity contribution is 0.120. The minimum atomic E-state index is -3.41. The maximum Gasteiger partial charge on any atom is 0.216 e. The van der Waals surface area contributed by atoms with E-state index in [0.29, 0.717) is 41.3 Å². The van der Waals surface area contributed by atoms with Gasteiger partial charge in [-0.3, -0.25) is 0 Å². The summed E-state index contributed by atoms with van der Waals surface area (Å²) in [6.45, 7) is 0. The summed E-state index contributed by atoms with van der Waals surface area (Å²) in [6, 6.07) is 4.71. The first-order valence-corrected chi connectivity index (χ1v) is 8.88. The highest BCUT2D eigenvalue weighted by molar-refractivity contribution is 7.88. The van der Waals surface area contributed by atoms with Crippen molar-refractivity contribution in [1.82, 2.24) is 4.72 Å². The number of hydrogen-bond donors (Lipinski definition) is 2. The number of halogens is 2. The molecule has 0 saturated heterocycles. The van der Waals surface area contributed by atoms with Crippen LogP contribution in [0.4, 0.5) is 0 Å². The van der Waals surface area contributed by atoms with E-state index in [-0.39, 0.29) is 17.9 Å². The van der Waals surface area contributed by atoms with E-state index in [2.05, 4.69) is 4.72 Å². The zero-order valence-electron chi connectivity index (χ0n) is 10.9. The molecule has 0 atom stereocenters. The molecule has 0 spiro atoms. The summed E-state index contributed by atoms with van der Waals surface area (Å²) in [7, 11) is -3.41. The highest BCUT2D eigenvalue weighted by atomic mass is 35.5. The van der Waals surface area contributed by atoms with Crippen LogP contribution >= 0.6 is 23.2 Å². The molecular weight excluding hydrogens is 321 g/mol. The second-order valence-corrected chi connectivity index (χ2v) is 7.70. The Bertz CT molecular complexity index is 569. The van der Waals surface area contributed by atoms with Crippen LogP contribution in [-0.4, -0.2) is 25.7 Å². The molecule has 7 heteroatoms. The number of aliphatic hydroxyl groups excluding tert-OH is 1. The molecule has 1 saturated carbocycles. The molecule has 0 aromatic heterocycles. The predicted molar refractivity (Wildman–Crippen MR) is 80.5 cm³/mol. The lowest BCUT2D eigenvalue weighted by atomic mass is 9.94. The van der Waals surface area contributed by atoms with Crippen molar-refractivity contribution in [2.45, 2.75) is 43.6 Å². The summed E-state index contributed by atoms with van der Waals surface area (Å²) in [4.78, 5) is 0. The number of hydrogen-bond acceptors (Lipinski definition) is 3. The summed E-state index contributed by atoms with van der Waals surface area (Å²) in [5, 5.41) is 10.2. The van der Waals surface area contributed by atoms with Gasteiger partial charge in [-0.05, 0) is 43.4 Å². The second kappa shape index (κ2) is 6.62. The van der Waals surface area contributed by atoms with Gasteiger partial charge in [0.1, 0.15) is 0 Å². The first-order chi connectivity index (χ1) is 9.35. The van der Waals surface area contributed by atoms with Gasteiger partial charge in [0, 0.05) is 6.04 Å². The molecule has 1 fully saturated rings. The second-order valence-electron chi connectivity index (χ2n) is 5.13. The van der Waals surface area contributed by atoms with E-state index in [1.54, 1.807) is 18.2 Å². The zero-order chi connectivity index (χ0) is 14.8. The zero-order valence-corrected chi connectivity index (χ0v) is 13.2. The van der Waals surface area contributed by atoms with Gasteiger partial charge in [0.2, 0.25) is 10.0 Å². The summed E-state index contributed by atoms with van der Waals surface area (Å²) < 4.78 is 26.9. The third kappa shape index (κ3) is 4.60. The predicted octanol–water partition coefficient (Wildman–Crippen LogP) is 2.72. The molecule has 0 amide bonds. The van der Waals surface area contributed by atoms with E-state index in [1.807, 2.05) is 0 Å². The van der Waals surface area contributed by atoms with Crippen LogP contribution in [-0.2, 0) is 15.8 Å². The van der Waals surface area contributed by atoms with Gasteiger partial charge in [-0.1, -0.05) is 29.3 Å². The maximum atomic E-state index is 12.1. The van der Waals surface area contributed by atoms with Crippen molar-refractivity contribution in [2.24, 2.45) is 0 Å². The van der Waals surface area contributed by atoms with E-state index >= 15 is 0 Å². The van der Waals surface area contributed by atoms with Crippen LogP contribution in [0.5, 0.6) is 0 Å². The summed E-state index contributed by atoms with van der Waals surface area (Å²) in [5.74, 6) is -0.122. The number of rotatable bonds is 4. The van der Waals surface area contributed by atoms with E-state index in [1.165, 1.54) is 0 Å². The Balaban J connectivity index is 1.98. The van der Waals surface area contributed by atoms with Gasteiger partial charge in [0.25, 0.3) is 0 Å². The minimum Gasteiger partial charge on any atom is -0.393 e. The first kappa shape index (κ1) is 16.0. The fraction of sp³-hybridized carbons (Fsp3) is 0.538. The molecule has 2 N–H and O–H groups in total. The van der Waals surface area contributed by atoms with E-state index < -0.39 is 10.0 Å². The van der Waals surface area contributed by atoms with Crippen molar-refractivity contribution in [3.05, 3.63) is 33.8 Å². The standard InChI is InChI=1S/C13H17Cl2NO3S/c14-12-6-1-9(7-13(12)15)8-20(18,19)16-10-2-4-11(17)5-3-10/h1,6-7,10-11,16-17H,2-5,8H2. The minimum absolute atomic E-state index is 0.0915. The number of sulfonamides is 1. The van der Waals surface area contributed by atoms with Crippen LogP contribution < -0.4 is 4.72 Å². The van der Waals surface area contributed by atoms with Crippen molar-refractivity contribution in [1.29, 1.82) is 0 Å². The van der Waals surface area contributed by atoms with Crippen LogP contribution in [0.3, 0.4) is 0 Å². The van der Waals surface area contributed by atoms with Gasteiger partial charge in [-0.2, -0.15) is 0 Å². The van der Waals surface area contributed by atoms with Crippen molar-refractivity contribution in [3.8, 4) is 0 Å². The normalized spacial score (nSPS) is 23.8. The Morgan fingerprint density at radius 2 is 1.80 bits per heavy atom. The van der Waals surface area contributed by atoms with Gasteiger partial charge in [-0.15, -0.1) is 0 Å². The SMILES string of the molecule is O=S(=O)(Cc1ccc(Cl)c(Cl)c1)NC1CCC(O)CC1. The Hall–Kier alpha value is -0.330. The molecule has 112 valence electrons. The van der Waals surface area contributed by atoms with Crippen LogP contribution in [0, 0.1) is 0 Å². The summed E-state index contributed by atoms with van der Waals surface area (Å²) in [6.07, 6.45) is 2.31. The number of aliphatic hydroxyl groups is 1. The van der Waals surface area contributed by atoms with Crippen molar-refractivity contribution < 1.29 is 13.5 Å². The Kier molecular flexibility index (Phi) is 5.31. The Morgan fingerprint density at radius 3 is 2.40 bits per heavy atom. The molecule has 0 unspecified atom stereocenters. The molecule has 1 aromatic carbocycles. The third-order valence-corrected chi connectivity index (χ3v) is 5.53. The van der Waals surface area contributed by atoms with Crippen LogP contribution in [0.2, 0.25) is 10.0 Å². The highest BCUT2D eigenvalue weighted by Crippen LogP contribution is 2.24. The molecule has 4 nitrogen and oxygen atoms in total. The van der Waals surface area contributed by atoms with Gasteiger partial charge >= 0.3 is 0 Å². The molecule has 1 aromatic rings. The van der Waals surface area contributed by atoms with Crippen LogP contribution in [0.1, 0.15) is 31.2 Å². The fourth-order valence-corrected chi connectivity index (χ4v) is 4.10. The monoisotopic (exact) mass is 337 g/mol. The quantitative estimate of drug-likeness (QED) is 0.887. The molecule has 1 aliphatic carbocycles. The Morgan fingerprint density at radius 1 is 1.15 bits per heavy atom. The van der Waals surface area contributed by atoms with Crippen molar-refractivity contribution >= 4 is 33.2 Å². The highest BCUT2D eigenvalue weighted by Gasteiger charge is 2.23. The first-order valence-electron chi connectivity index (χ1n) is 6.48. The van der Waals surface area contributed by atoms with E-state index in [4.69, 9.17) is 23.2 Å². The van der Waals surface area contributed by atoms with Crippen molar-refractivity contribution in [2.75, 3.05) is 0 Å². The summed E-state index contributed by atoms with van der Waals surface area (Å²) >= 11 is 11.7. The molecule has 0 radical (unpaired) electrons. The fourth-order valence-electron chi connectivity index (χ4n) is 2.34. The smallest absolute Gasteiger partial charge is 0.216 e. The largest absolute Gasteiger partial charge is 0.393 e. The van der Waals surface area contributed by atoms with Crippen molar-refractivity contribution in [3.63, 3.8) is 0 Å². The molecule has 0 aliphatic heterocycles. The van der Waals surface area contributed by atoms with Gasteiger partial charge in [0.15, 0.2) is 0 Å². The molecule has 1 aliphatic rings. The van der Waals surface area contributed by atoms with Gasteiger partial charge in [-0.25, -0.2) is 13.1 Å². The summed E-state index contributed by atoms with van der Waals surface area (Å²) in [5.41, 5.74) is 0.600. The van der Waals surface area contributed by atoms with Gasteiger partial charge in [0.05, 0.1) is 21.9 Å². The van der Waals surface area contributed by atoms with Gasteiger partial charge < -0.3 is 5.11 Å². The average molecular weight is 338 g/mol. The molecular formula is C13H17Cl2NO3S. The molecule has 2 rings (SSSR count). The molecule has 20 heavy (non-hydrogen) atoms. The van der Waals surface area contributed by atoms with E-state index in [9.17, 15) is 13.5 Å². The van der Waals surface area contributed by atoms with Crippen LogP contribution in [0.25, 0.3) is 0 Å². The lowest BCUT2D eigenvalue weighted by Gasteiger charge is -2.26. The maximum absolute atomic E-state index is 12.1. The lowest BCUT2D eigenvalue weighted by Crippen LogP contribution is -2.39. The number of benzene rings is 1. The number of nitrogens with one attached hydrogen (secondary N) is 1. The molecule has 0 heterocycles. The van der Waals surface area contributed by atoms with Crippen LogP contribution in [0.15, 0.2) is 18.2 Å². The molecule has 0 bridgehead atoms. The van der Waals surface area contributed by atoms with E-state index in [0.717, 1.165) is 0 Å². The third-order valence-electron chi connectivity index (χ3n) is 3.38. The average Bonchev–Trinajstić information content (AvgIpc) is 2.36.